The number of nitrogens with one attached hydrogen (secondary N) is 1. The van der Waals surface area contributed by atoms with Crippen LogP contribution in [-0.4, -0.2) is 17.3 Å². The molecule has 17 heavy (non-hydrogen) atoms. The number of carboxylic acid groups (broad SMARTS) is 1. The van der Waals surface area contributed by atoms with Crippen molar-refractivity contribution in [1.29, 1.82) is 5.41 Å². The maximum atomic E-state index is 10.3. The summed E-state index contributed by atoms with van der Waals surface area (Å²) in [6.45, 7) is 0. The van der Waals surface area contributed by atoms with Crippen molar-refractivity contribution in [3.05, 3.63) is 0 Å². The molecular weight excluding hydrogens is 214 g/mol. The molecule has 0 rings (SSSR count). The van der Waals surface area contributed by atoms with Gasteiger partial charge in [0.1, 0.15) is 0 Å². The Bertz CT molecular complexity index is 193. The molecule has 100 valence electrons. The third-order valence-corrected chi connectivity index (χ3v) is 2.99. The van der Waals surface area contributed by atoms with Crippen LogP contribution < -0.4 is 0 Å². The maximum absolute atomic E-state index is 10.3. The highest BCUT2D eigenvalue weighted by Gasteiger charge is 1.96. The van der Waals surface area contributed by atoms with E-state index in [0.29, 0.717) is 6.42 Å². The van der Waals surface area contributed by atoms with E-state index in [-0.39, 0.29) is 0 Å². The van der Waals surface area contributed by atoms with Gasteiger partial charge in [0.15, 0.2) is 0 Å². The molecule has 0 aliphatic heterocycles. The molecule has 0 heterocycles. The zero-order valence-corrected chi connectivity index (χ0v) is 10.9. The predicted octanol–water partition coefficient (Wildman–Crippen LogP) is 4.40. The summed E-state index contributed by atoms with van der Waals surface area (Å²) in [6.07, 6.45) is 14.7. The minimum atomic E-state index is -0.671. The largest absolute Gasteiger partial charge is 0.481 e. The molecule has 0 aromatic heterocycles. The highest BCUT2D eigenvalue weighted by Crippen LogP contribution is 2.11. The fraction of sp³-hybridized carbons (Fsp3) is 0.857. The third-order valence-electron chi connectivity index (χ3n) is 2.99. The number of rotatable bonds is 13. The quantitative estimate of drug-likeness (QED) is 0.371. The van der Waals surface area contributed by atoms with Gasteiger partial charge >= 0.3 is 5.97 Å². The minimum absolute atomic E-state index is 0.326. The Balaban J connectivity index is 2.94. The molecule has 0 bridgehead atoms. The smallest absolute Gasteiger partial charge is 0.303 e. The number of unbranched alkanes of at least 4 members (excludes halogenated alkanes) is 10. The van der Waals surface area contributed by atoms with Crippen molar-refractivity contribution in [3.8, 4) is 0 Å². The molecule has 0 aromatic carbocycles. The van der Waals surface area contributed by atoms with E-state index in [1.54, 1.807) is 0 Å². The van der Waals surface area contributed by atoms with E-state index in [2.05, 4.69) is 0 Å². The van der Waals surface area contributed by atoms with Crippen molar-refractivity contribution in [1.82, 2.24) is 0 Å². The SMILES string of the molecule is N=CCCCCCCCCCCCCC(=O)O. The molecule has 3 nitrogen and oxygen atoms in total. The minimum Gasteiger partial charge on any atom is -0.481 e. The van der Waals surface area contributed by atoms with E-state index in [4.69, 9.17) is 10.5 Å². The first-order valence-electron chi connectivity index (χ1n) is 6.98. The Morgan fingerprint density at radius 3 is 1.65 bits per heavy atom. The molecule has 0 saturated carbocycles. The Labute approximate surface area is 105 Å². The first kappa shape index (κ1) is 16.1. The number of carbonyl (C=O) groups is 1. The molecule has 0 spiro atoms. The van der Waals surface area contributed by atoms with Crippen molar-refractivity contribution in [2.45, 2.75) is 77.0 Å². The molecule has 0 aromatic rings. The first-order valence-corrected chi connectivity index (χ1v) is 6.98. The number of aliphatic carboxylic acids is 1. The number of hydrogen-bond acceptors (Lipinski definition) is 2. The van der Waals surface area contributed by atoms with Gasteiger partial charge in [0, 0.05) is 6.42 Å². The fourth-order valence-electron chi connectivity index (χ4n) is 1.94. The fourth-order valence-corrected chi connectivity index (χ4v) is 1.94. The van der Waals surface area contributed by atoms with E-state index in [9.17, 15) is 4.79 Å². The predicted molar refractivity (Wildman–Crippen MR) is 71.8 cm³/mol. The maximum Gasteiger partial charge on any atom is 0.303 e. The summed E-state index contributed by atoms with van der Waals surface area (Å²) >= 11 is 0. The molecule has 0 fully saturated rings. The standard InChI is InChI=1S/C14H27NO2/c15-13-11-9-7-5-3-1-2-4-6-8-10-12-14(16)17/h13,15H,1-12H2,(H,16,17). The summed E-state index contributed by atoms with van der Waals surface area (Å²) in [5.74, 6) is -0.671. The van der Waals surface area contributed by atoms with Gasteiger partial charge in [-0.05, 0) is 25.5 Å². The van der Waals surface area contributed by atoms with Crippen LogP contribution in [0, 0.1) is 5.41 Å². The van der Waals surface area contributed by atoms with Crippen molar-refractivity contribution in [2.75, 3.05) is 0 Å². The van der Waals surface area contributed by atoms with Crippen LogP contribution in [0.15, 0.2) is 0 Å². The van der Waals surface area contributed by atoms with Gasteiger partial charge in [-0.15, -0.1) is 0 Å². The summed E-state index contributed by atoms with van der Waals surface area (Å²) in [5, 5.41) is 15.4. The van der Waals surface area contributed by atoms with Gasteiger partial charge in [-0.3, -0.25) is 4.79 Å². The van der Waals surface area contributed by atoms with Crippen molar-refractivity contribution >= 4 is 12.2 Å². The molecule has 2 N–H and O–H groups in total. The topological polar surface area (TPSA) is 61.2 Å². The van der Waals surface area contributed by atoms with Gasteiger partial charge in [0.25, 0.3) is 0 Å². The zero-order valence-electron chi connectivity index (χ0n) is 10.9. The van der Waals surface area contributed by atoms with Gasteiger partial charge in [-0.2, -0.15) is 0 Å². The van der Waals surface area contributed by atoms with Gasteiger partial charge in [0.05, 0.1) is 0 Å². The average molecular weight is 241 g/mol. The second-order valence-corrected chi connectivity index (χ2v) is 4.67. The van der Waals surface area contributed by atoms with Crippen LogP contribution in [-0.2, 0) is 4.79 Å². The van der Waals surface area contributed by atoms with E-state index < -0.39 is 5.97 Å². The van der Waals surface area contributed by atoms with Gasteiger partial charge in [-0.1, -0.05) is 51.4 Å². The van der Waals surface area contributed by atoms with Crippen molar-refractivity contribution in [2.24, 2.45) is 0 Å². The van der Waals surface area contributed by atoms with Crippen molar-refractivity contribution < 1.29 is 9.90 Å². The number of hydrogen-bond donors (Lipinski definition) is 2. The Morgan fingerprint density at radius 1 is 0.824 bits per heavy atom. The zero-order chi connectivity index (χ0) is 12.8. The molecular formula is C14H27NO2. The average Bonchev–Trinajstić information content (AvgIpc) is 2.30. The summed E-state index contributed by atoms with van der Waals surface area (Å²) < 4.78 is 0. The van der Waals surface area contributed by atoms with Gasteiger partial charge < -0.3 is 10.5 Å². The van der Waals surface area contributed by atoms with Crippen LogP contribution in [0.25, 0.3) is 0 Å². The van der Waals surface area contributed by atoms with E-state index >= 15 is 0 Å². The summed E-state index contributed by atoms with van der Waals surface area (Å²) in [5.41, 5.74) is 0. The van der Waals surface area contributed by atoms with Crippen LogP contribution in [0.2, 0.25) is 0 Å². The summed E-state index contributed by atoms with van der Waals surface area (Å²) in [6, 6.07) is 0. The van der Waals surface area contributed by atoms with Gasteiger partial charge in [-0.25, -0.2) is 0 Å². The first-order chi connectivity index (χ1) is 8.27. The van der Waals surface area contributed by atoms with Crippen LogP contribution in [0.5, 0.6) is 0 Å². The molecule has 0 saturated heterocycles. The second kappa shape index (κ2) is 13.2. The van der Waals surface area contributed by atoms with E-state index in [1.165, 1.54) is 57.6 Å². The van der Waals surface area contributed by atoms with Crippen molar-refractivity contribution in [3.63, 3.8) is 0 Å². The lowest BCUT2D eigenvalue weighted by atomic mass is 10.1. The second-order valence-electron chi connectivity index (χ2n) is 4.67. The van der Waals surface area contributed by atoms with Crippen LogP contribution >= 0.6 is 0 Å². The highest BCUT2D eigenvalue weighted by atomic mass is 16.4. The summed E-state index contributed by atoms with van der Waals surface area (Å²) in [7, 11) is 0. The lowest BCUT2D eigenvalue weighted by Crippen LogP contribution is -1.93. The molecule has 0 atom stereocenters. The normalized spacial score (nSPS) is 10.4. The van der Waals surface area contributed by atoms with Crippen LogP contribution in [0.3, 0.4) is 0 Å². The third kappa shape index (κ3) is 15.1. The molecule has 0 radical (unpaired) electrons. The lowest BCUT2D eigenvalue weighted by Gasteiger charge is -2.01. The van der Waals surface area contributed by atoms with E-state index in [0.717, 1.165) is 19.3 Å². The summed E-state index contributed by atoms with van der Waals surface area (Å²) in [4.78, 5) is 10.3. The monoisotopic (exact) mass is 241 g/mol. The molecule has 0 amide bonds. The lowest BCUT2D eigenvalue weighted by molar-refractivity contribution is -0.137. The van der Waals surface area contributed by atoms with E-state index in [1.807, 2.05) is 0 Å². The van der Waals surface area contributed by atoms with Gasteiger partial charge in [0.2, 0.25) is 0 Å². The highest BCUT2D eigenvalue weighted by molar-refractivity contribution is 5.66. The molecule has 0 aliphatic carbocycles. The molecule has 0 aliphatic rings. The Morgan fingerprint density at radius 2 is 1.24 bits per heavy atom. The Hall–Kier alpha value is -0.860. The Kier molecular flexibility index (Phi) is 12.5. The molecule has 3 heteroatoms. The van der Waals surface area contributed by atoms with Crippen LogP contribution in [0.1, 0.15) is 77.0 Å². The number of carboxylic acids is 1. The van der Waals surface area contributed by atoms with Crippen LogP contribution in [0.4, 0.5) is 0 Å². The molecule has 0 unspecified atom stereocenters.